The van der Waals surface area contributed by atoms with Gasteiger partial charge in [-0.3, -0.25) is 10.2 Å². The van der Waals surface area contributed by atoms with Crippen molar-refractivity contribution in [1.29, 1.82) is 0 Å². The minimum Gasteiger partial charge on any atom is -0.379 e. The summed E-state index contributed by atoms with van der Waals surface area (Å²) in [4.78, 5) is 13.4. The highest BCUT2D eigenvalue weighted by atomic mass is 35.5. The summed E-state index contributed by atoms with van der Waals surface area (Å²) in [6.45, 7) is 2.44. The van der Waals surface area contributed by atoms with Gasteiger partial charge in [0, 0.05) is 28.7 Å². The molecule has 9 heteroatoms. The van der Waals surface area contributed by atoms with E-state index in [-0.39, 0.29) is 5.91 Å². The van der Waals surface area contributed by atoms with Gasteiger partial charge in [0.1, 0.15) is 0 Å². The molecule has 0 radical (unpaired) electrons. The Hall–Kier alpha value is -2.35. The van der Waals surface area contributed by atoms with Gasteiger partial charge in [0.05, 0.1) is 29.6 Å². The molecule has 2 aromatic carbocycles. The number of allylic oxidation sites excluding steroid dienone is 1. The Morgan fingerprint density at radius 3 is 2.46 bits per heavy atom. The Bertz CT molecular complexity index is 1260. The van der Waals surface area contributed by atoms with E-state index in [1.165, 1.54) is 0 Å². The summed E-state index contributed by atoms with van der Waals surface area (Å²) in [7, 11) is 0. The average molecular weight is 532 g/mol. The number of hydrazine groups is 1. The summed E-state index contributed by atoms with van der Waals surface area (Å²) in [6.07, 6.45) is 5.70. The number of amides is 1. The Morgan fingerprint density at radius 1 is 0.971 bits per heavy atom. The fourth-order valence-corrected chi connectivity index (χ4v) is 5.02. The molecule has 0 saturated carbocycles. The predicted octanol–water partition coefficient (Wildman–Crippen LogP) is 6.08. The monoisotopic (exact) mass is 530 g/mol. The number of hydrogen-bond acceptors (Lipinski definition) is 4. The standard InChI is InChI=1S/C26H25Cl3N4O2/c27-19-7-5-17(6-8-19)15-18-3-1-2-4-21-24(26(34)31-32-11-13-35-14-12-32)30-33(25(18)21)23-16-20(28)9-10-22(23)29/h5-10,15-16H,1-4,11-14H2,(H,31,34)/b18-15+. The molecule has 0 atom stereocenters. The van der Waals surface area contributed by atoms with Crippen molar-refractivity contribution in [3.05, 3.63) is 80.0 Å². The number of nitrogens with zero attached hydrogens (tertiary/aromatic N) is 3. The molecule has 0 unspecified atom stereocenters. The van der Waals surface area contributed by atoms with Gasteiger partial charge in [-0.2, -0.15) is 5.10 Å². The number of aromatic nitrogens is 2. The molecule has 2 aliphatic rings. The third-order valence-electron chi connectivity index (χ3n) is 6.24. The lowest BCUT2D eigenvalue weighted by Crippen LogP contribution is -2.48. The topological polar surface area (TPSA) is 59.4 Å². The van der Waals surface area contributed by atoms with Crippen LogP contribution in [0, 0.1) is 0 Å². The highest BCUT2D eigenvalue weighted by Crippen LogP contribution is 2.37. The van der Waals surface area contributed by atoms with Crippen LogP contribution in [-0.2, 0) is 11.2 Å². The number of carbonyl (C=O) groups excluding carboxylic acids is 1. The molecule has 0 spiro atoms. The first-order chi connectivity index (χ1) is 17.0. The molecule has 2 heterocycles. The average Bonchev–Trinajstić information content (AvgIpc) is 3.12. The van der Waals surface area contributed by atoms with Crippen LogP contribution in [0.3, 0.4) is 0 Å². The van der Waals surface area contributed by atoms with Crippen LogP contribution in [0.15, 0.2) is 42.5 Å². The van der Waals surface area contributed by atoms with Crippen LogP contribution in [0.1, 0.15) is 46.6 Å². The Morgan fingerprint density at radius 2 is 1.69 bits per heavy atom. The van der Waals surface area contributed by atoms with Crippen molar-refractivity contribution in [2.45, 2.75) is 25.7 Å². The number of morpholine rings is 1. The molecule has 6 nitrogen and oxygen atoms in total. The second-order valence-corrected chi connectivity index (χ2v) is 9.93. The van der Waals surface area contributed by atoms with Gasteiger partial charge >= 0.3 is 0 Å². The first-order valence-corrected chi connectivity index (χ1v) is 12.8. The Kier molecular flexibility index (Phi) is 7.46. The van der Waals surface area contributed by atoms with Crippen LogP contribution < -0.4 is 5.43 Å². The fourth-order valence-electron chi connectivity index (χ4n) is 4.53. The van der Waals surface area contributed by atoms with Crippen LogP contribution >= 0.6 is 34.8 Å². The minimum absolute atomic E-state index is 0.229. The van der Waals surface area contributed by atoms with E-state index in [0.29, 0.717) is 52.8 Å². The largest absolute Gasteiger partial charge is 0.379 e. The SMILES string of the molecule is O=C(NN1CCOCC1)c1nn(-c2cc(Cl)ccc2Cl)c2c1CCCC/C2=C\c1ccc(Cl)cc1. The van der Waals surface area contributed by atoms with E-state index in [9.17, 15) is 4.79 Å². The molecule has 1 N–H and O–H groups in total. The van der Waals surface area contributed by atoms with Crippen molar-refractivity contribution in [2.24, 2.45) is 0 Å². The van der Waals surface area contributed by atoms with E-state index in [1.54, 1.807) is 22.9 Å². The second kappa shape index (κ2) is 10.7. The summed E-state index contributed by atoms with van der Waals surface area (Å²) in [5.74, 6) is -0.229. The van der Waals surface area contributed by atoms with Crippen molar-refractivity contribution in [2.75, 3.05) is 26.3 Å². The molecule has 1 fully saturated rings. The van der Waals surface area contributed by atoms with Gasteiger partial charge in [-0.05, 0) is 73.2 Å². The first-order valence-electron chi connectivity index (χ1n) is 11.7. The summed E-state index contributed by atoms with van der Waals surface area (Å²) in [5.41, 5.74) is 8.00. The van der Waals surface area contributed by atoms with Gasteiger partial charge in [-0.15, -0.1) is 0 Å². The van der Waals surface area contributed by atoms with Crippen LogP contribution in [0.5, 0.6) is 0 Å². The number of rotatable bonds is 4. The molecule has 5 rings (SSSR count). The van der Waals surface area contributed by atoms with Crippen molar-refractivity contribution >= 4 is 52.4 Å². The Labute approximate surface area is 219 Å². The van der Waals surface area contributed by atoms with E-state index >= 15 is 0 Å². The summed E-state index contributed by atoms with van der Waals surface area (Å²) in [5, 5.41) is 8.44. The van der Waals surface area contributed by atoms with Gasteiger partial charge in [0.25, 0.3) is 5.91 Å². The zero-order chi connectivity index (χ0) is 24.4. The number of hydrogen-bond donors (Lipinski definition) is 1. The molecule has 0 bridgehead atoms. The maximum atomic E-state index is 13.4. The zero-order valence-electron chi connectivity index (χ0n) is 19.1. The smallest absolute Gasteiger partial charge is 0.286 e. The Balaban J connectivity index is 1.65. The molecule has 182 valence electrons. The molecule has 35 heavy (non-hydrogen) atoms. The van der Waals surface area contributed by atoms with E-state index < -0.39 is 0 Å². The van der Waals surface area contributed by atoms with Gasteiger partial charge in [0.2, 0.25) is 0 Å². The molecule has 1 aromatic heterocycles. The van der Waals surface area contributed by atoms with Gasteiger partial charge in [-0.1, -0.05) is 46.9 Å². The lowest BCUT2D eigenvalue weighted by molar-refractivity contribution is 0.0124. The molecule has 3 aromatic rings. The fraction of sp³-hybridized carbons (Fsp3) is 0.308. The van der Waals surface area contributed by atoms with Gasteiger partial charge < -0.3 is 4.74 Å². The normalized spacial score (nSPS) is 17.7. The summed E-state index contributed by atoms with van der Waals surface area (Å²) >= 11 is 19.0. The van der Waals surface area contributed by atoms with E-state index in [1.807, 2.05) is 29.3 Å². The lowest BCUT2D eigenvalue weighted by atomic mass is 10.0. The molecular weight excluding hydrogens is 507 g/mol. The quantitative estimate of drug-likeness (QED) is 0.415. The first kappa shape index (κ1) is 24.3. The number of nitrogens with one attached hydrogen (secondary N) is 1. The summed E-state index contributed by atoms with van der Waals surface area (Å²) < 4.78 is 7.19. The van der Waals surface area contributed by atoms with Crippen molar-refractivity contribution in [3.63, 3.8) is 0 Å². The number of ether oxygens (including phenoxy) is 1. The number of halogens is 3. The molecular formula is C26H25Cl3N4O2. The molecule has 1 aliphatic carbocycles. The van der Waals surface area contributed by atoms with Crippen LogP contribution in [-0.4, -0.2) is 47.0 Å². The minimum atomic E-state index is -0.229. The summed E-state index contributed by atoms with van der Waals surface area (Å²) in [6, 6.07) is 13.0. The van der Waals surface area contributed by atoms with E-state index in [0.717, 1.165) is 48.1 Å². The highest BCUT2D eigenvalue weighted by Gasteiger charge is 2.29. The highest BCUT2D eigenvalue weighted by molar-refractivity contribution is 6.34. The third-order valence-corrected chi connectivity index (χ3v) is 7.05. The van der Waals surface area contributed by atoms with E-state index in [2.05, 4.69) is 11.5 Å². The van der Waals surface area contributed by atoms with Crippen LogP contribution in [0.2, 0.25) is 15.1 Å². The maximum Gasteiger partial charge on any atom is 0.286 e. The van der Waals surface area contributed by atoms with Crippen LogP contribution in [0.4, 0.5) is 0 Å². The second-order valence-electron chi connectivity index (χ2n) is 8.65. The third kappa shape index (κ3) is 5.42. The molecule has 1 aliphatic heterocycles. The number of carbonyl (C=O) groups is 1. The maximum absolute atomic E-state index is 13.4. The van der Waals surface area contributed by atoms with Crippen LogP contribution in [0.25, 0.3) is 17.3 Å². The number of benzene rings is 2. The van der Waals surface area contributed by atoms with Gasteiger partial charge in [0.15, 0.2) is 5.69 Å². The zero-order valence-corrected chi connectivity index (χ0v) is 21.3. The number of fused-ring (bicyclic) bond motifs is 1. The van der Waals surface area contributed by atoms with Crippen molar-refractivity contribution < 1.29 is 9.53 Å². The molecule has 1 saturated heterocycles. The van der Waals surface area contributed by atoms with E-state index in [4.69, 9.17) is 44.6 Å². The van der Waals surface area contributed by atoms with Crippen molar-refractivity contribution in [3.8, 4) is 5.69 Å². The van der Waals surface area contributed by atoms with Crippen molar-refractivity contribution in [1.82, 2.24) is 20.2 Å². The predicted molar refractivity (Wildman–Crippen MR) is 140 cm³/mol. The molecule has 1 amide bonds. The lowest BCUT2D eigenvalue weighted by Gasteiger charge is -2.26. The van der Waals surface area contributed by atoms with Gasteiger partial charge in [-0.25, -0.2) is 9.69 Å².